The number of hydrogen-bond donors (Lipinski definition) is 1. The van der Waals surface area contributed by atoms with E-state index in [1.807, 2.05) is 66.5 Å². The maximum Gasteiger partial charge on any atom is 0.358 e. The number of nitrogens with zero attached hydrogens (tertiary/aromatic N) is 5. The smallest absolute Gasteiger partial charge is 0.358 e. The summed E-state index contributed by atoms with van der Waals surface area (Å²) in [6.07, 6.45) is 3.85. The summed E-state index contributed by atoms with van der Waals surface area (Å²) in [6.45, 7) is 4.06. The molecule has 1 heterocycles. The van der Waals surface area contributed by atoms with E-state index in [-0.39, 0.29) is 17.0 Å². The van der Waals surface area contributed by atoms with E-state index in [9.17, 15) is 0 Å². The molecule has 3 aromatic rings. The van der Waals surface area contributed by atoms with Gasteiger partial charge in [0.1, 0.15) is 6.20 Å². The van der Waals surface area contributed by atoms with Crippen molar-refractivity contribution in [2.75, 3.05) is 29.5 Å². The van der Waals surface area contributed by atoms with Gasteiger partial charge in [-0.1, -0.05) is 0 Å². The van der Waals surface area contributed by atoms with Gasteiger partial charge in [-0.25, -0.2) is 4.57 Å². The first-order valence-electron chi connectivity index (χ1n) is 9.21. The summed E-state index contributed by atoms with van der Waals surface area (Å²) in [5.74, 6) is 0.970. The van der Waals surface area contributed by atoms with Crippen molar-refractivity contribution in [1.29, 1.82) is 0 Å². The summed E-state index contributed by atoms with van der Waals surface area (Å²) < 4.78 is 2.04. The molecule has 0 aliphatic rings. The number of rotatable bonds is 8. The molecule has 0 atom stereocenters. The van der Waals surface area contributed by atoms with Crippen LogP contribution in [0.25, 0.3) is 0 Å². The number of nitrogen functional groups attached to an aromatic ring is 1. The fourth-order valence-corrected chi connectivity index (χ4v) is 3.57. The van der Waals surface area contributed by atoms with Gasteiger partial charge in [0.15, 0.2) is 0 Å². The van der Waals surface area contributed by atoms with Crippen LogP contribution in [0.2, 0.25) is 0 Å². The second-order valence-electron chi connectivity index (χ2n) is 6.25. The van der Waals surface area contributed by atoms with Crippen molar-refractivity contribution in [3.05, 3.63) is 67.0 Å². The van der Waals surface area contributed by atoms with Gasteiger partial charge in [0.05, 0.1) is 24.6 Å². The Kier molecular flexibility index (Phi) is 9.08. The van der Waals surface area contributed by atoms with Crippen molar-refractivity contribution in [2.24, 2.45) is 17.3 Å². The van der Waals surface area contributed by atoms with E-state index in [2.05, 4.69) is 39.2 Å². The molecule has 0 radical (unpaired) electrons. The fraction of sp³-hybridized carbons (Fsp3) is 0.238. The Labute approximate surface area is 186 Å². The SMILES string of the molecule is CCN(CCSc1nccc[n+]1C)c1ccc(N=Nc2ccc(N)cc2)cc1.[Br-]. The highest BCUT2D eigenvalue weighted by molar-refractivity contribution is 7.99. The van der Waals surface area contributed by atoms with Gasteiger partial charge in [0.25, 0.3) is 0 Å². The molecule has 0 unspecified atom stereocenters. The molecule has 0 amide bonds. The fourth-order valence-electron chi connectivity index (χ4n) is 2.67. The van der Waals surface area contributed by atoms with E-state index in [0.717, 1.165) is 41.1 Å². The lowest BCUT2D eigenvalue weighted by atomic mass is 10.2. The summed E-state index contributed by atoms with van der Waals surface area (Å²) in [5, 5.41) is 9.57. The molecule has 2 N–H and O–H groups in total. The van der Waals surface area contributed by atoms with E-state index in [0.29, 0.717) is 0 Å². The largest absolute Gasteiger partial charge is 1.00 e. The highest BCUT2D eigenvalue weighted by Gasteiger charge is 2.10. The van der Waals surface area contributed by atoms with Crippen molar-refractivity contribution in [1.82, 2.24) is 4.98 Å². The van der Waals surface area contributed by atoms with Gasteiger partial charge >= 0.3 is 5.16 Å². The number of azo groups is 1. The Bertz CT molecular complexity index is 915. The molecule has 6 nitrogen and oxygen atoms in total. The van der Waals surface area contributed by atoms with Crippen LogP contribution < -0.4 is 32.2 Å². The van der Waals surface area contributed by atoms with Crippen molar-refractivity contribution in [3.8, 4) is 0 Å². The maximum absolute atomic E-state index is 5.68. The molecule has 1 aromatic heterocycles. The van der Waals surface area contributed by atoms with Crippen molar-refractivity contribution in [2.45, 2.75) is 12.1 Å². The molecule has 0 fully saturated rings. The third kappa shape index (κ3) is 6.83. The number of aryl methyl sites for hydroxylation is 1. The molecule has 0 aliphatic carbocycles. The van der Waals surface area contributed by atoms with Crippen molar-refractivity contribution >= 4 is 34.5 Å². The molecule has 0 spiro atoms. The normalized spacial score (nSPS) is 10.7. The Morgan fingerprint density at radius 1 is 1.03 bits per heavy atom. The quantitative estimate of drug-likeness (QED) is 0.177. The minimum atomic E-state index is 0. The van der Waals surface area contributed by atoms with E-state index in [4.69, 9.17) is 5.73 Å². The summed E-state index contributed by atoms with van der Waals surface area (Å²) in [7, 11) is 2.02. The third-order valence-corrected chi connectivity index (χ3v) is 5.28. The lowest BCUT2D eigenvalue weighted by Gasteiger charge is -2.22. The third-order valence-electron chi connectivity index (χ3n) is 4.25. The zero-order valence-electron chi connectivity index (χ0n) is 16.6. The number of halogens is 1. The molecule has 2 aromatic carbocycles. The Balaban J connectivity index is 0.00000300. The van der Waals surface area contributed by atoms with Gasteiger partial charge in [-0.05, 0) is 72.2 Å². The molecule has 29 heavy (non-hydrogen) atoms. The summed E-state index contributed by atoms with van der Waals surface area (Å²) in [5.41, 5.74) is 9.20. The first-order chi connectivity index (χ1) is 13.7. The lowest BCUT2D eigenvalue weighted by Crippen LogP contribution is -3.00. The van der Waals surface area contributed by atoms with E-state index >= 15 is 0 Å². The van der Waals surface area contributed by atoms with Gasteiger partial charge < -0.3 is 27.6 Å². The van der Waals surface area contributed by atoms with Gasteiger partial charge in [-0.2, -0.15) is 10.2 Å². The number of hydrogen-bond acceptors (Lipinski definition) is 6. The maximum atomic E-state index is 5.68. The standard InChI is InChI=1S/C21H25N6S.BrH/c1-3-27(15-16-28-21-23-13-4-14-26(21)2)20-11-9-19(10-12-20)25-24-18-7-5-17(22)6-8-18;/h4-14H,3,15-16,22H2,1-2H3;1H/q+1;/p-1. The molecule has 0 aliphatic heterocycles. The second-order valence-corrected chi connectivity index (χ2v) is 7.31. The summed E-state index contributed by atoms with van der Waals surface area (Å²) >= 11 is 1.76. The van der Waals surface area contributed by atoms with Gasteiger partial charge in [0.2, 0.25) is 0 Å². The van der Waals surface area contributed by atoms with Crippen LogP contribution in [0, 0.1) is 0 Å². The Morgan fingerprint density at radius 2 is 1.66 bits per heavy atom. The lowest BCUT2D eigenvalue weighted by molar-refractivity contribution is -0.713. The van der Waals surface area contributed by atoms with Crippen LogP contribution in [0.1, 0.15) is 6.92 Å². The summed E-state index contributed by atoms with van der Waals surface area (Å²) in [6, 6.07) is 17.4. The molecule has 3 rings (SSSR count). The highest BCUT2D eigenvalue weighted by atomic mass is 79.9. The summed E-state index contributed by atoms with van der Waals surface area (Å²) in [4.78, 5) is 6.76. The van der Waals surface area contributed by atoms with Crippen LogP contribution in [-0.4, -0.2) is 23.8 Å². The van der Waals surface area contributed by atoms with Crippen LogP contribution >= 0.6 is 11.8 Å². The van der Waals surface area contributed by atoms with Crippen LogP contribution in [0.5, 0.6) is 0 Å². The van der Waals surface area contributed by atoms with Crippen LogP contribution in [0.3, 0.4) is 0 Å². The Morgan fingerprint density at radius 3 is 2.24 bits per heavy atom. The van der Waals surface area contributed by atoms with Crippen molar-refractivity contribution in [3.63, 3.8) is 0 Å². The second kappa shape index (κ2) is 11.5. The number of nitrogens with two attached hydrogens (primary N) is 1. The van der Waals surface area contributed by atoms with E-state index < -0.39 is 0 Å². The topological polar surface area (TPSA) is 70.8 Å². The molecule has 0 saturated heterocycles. The monoisotopic (exact) mass is 472 g/mol. The molecular weight excluding hydrogens is 448 g/mol. The average molecular weight is 473 g/mol. The van der Waals surface area contributed by atoms with Gasteiger partial charge in [0, 0.05) is 36.3 Å². The van der Waals surface area contributed by atoms with Gasteiger partial charge in [-0.15, -0.1) is 0 Å². The number of anilines is 2. The number of benzene rings is 2. The zero-order valence-corrected chi connectivity index (χ0v) is 19.0. The molecule has 8 heteroatoms. The average Bonchev–Trinajstić information content (AvgIpc) is 2.73. The highest BCUT2D eigenvalue weighted by Crippen LogP contribution is 2.23. The van der Waals surface area contributed by atoms with Crippen LogP contribution in [-0.2, 0) is 7.05 Å². The molecular formula is C21H25BrN6S. The van der Waals surface area contributed by atoms with E-state index in [1.165, 1.54) is 5.69 Å². The predicted octanol–water partition coefficient (Wildman–Crippen LogP) is 1.53. The number of aromatic nitrogens is 2. The zero-order chi connectivity index (χ0) is 19.8. The van der Waals surface area contributed by atoms with Crippen molar-refractivity contribution < 1.29 is 21.5 Å². The minimum absolute atomic E-state index is 0. The molecule has 0 bridgehead atoms. The predicted molar refractivity (Wildman–Crippen MR) is 115 cm³/mol. The van der Waals surface area contributed by atoms with Crippen LogP contribution in [0.4, 0.5) is 22.7 Å². The molecule has 0 saturated carbocycles. The van der Waals surface area contributed by atoms with E-state index in [1.54, 1.807) is 11.8 Å². The Hall–Kier alpha value is -2.45. The minimum Gasteiger partial charge on any atom is -1.00 e. The first kappa shape index (κ1) is 22.8. The van der Waals surface area contributed by atoms with Gasteiger partial charge in [-0.3, -0.25) is 0 Å². The van der Waals surface area contributed by atoms with Crippen LogP contribution in [0.15, 0.2) is 82.4 Å². The first-order valence-corrected chi connectivity index (χ1v) is 10.2. The number of thioether (sulfide) groups is 1. The molecule has 152 valence electrons.